The molecule has 2 aliphatic rings. The molecule has 0 saturated carbocycles. The van der Waals surface area contributed by atoms with Gasteiger partial charge in [0.2, 0.25) is 12.7 Å². The number of aryl methyl sites for hydroxylation is 1. The van der Waals surface area contributed by atoms with Gasteiger partial charge in [-0.3, -0.25) is 14.4 Å². The summed E-state index contributed by atoms with van der Waals surface area (Å²) < 4.78 is 11.8. The van der Waals surface area contributed by atoms with Gasteiger partial charge in [-0.15, -0.1) is 0 Å². The Balaban J connectivity index is 1.22. The molecule has 1 N–H and O–H groups in total. The number of aromatic nitrogens is 2. The van der Waals surface area contributed by atoms with Crippen molar-refractivity contribution < 1.29 is 19.1 Å². The maximum absolute atomic E-state index is 13.2. The Kier molecular flexibility index (Phi) is 5.75. The van der Waals surface area contributed by atoms with E-state index in [1.807, 2.05) is 43.3 Å². The van der Waals surface area contributed by atoms with Gasteiger partial charge in [-0.1, -0.05) is 24.3 Å². The minimum atomic E-state index is -0.366. The van der Waals surface area contributed by atoms with Crippen molar-refractivity contribution in [1.82, 2.24) is 15.1 Å². The molecule has 2 aromatic carbocycles. The van der Waals surface area contributed by atoms with Crippen molar-refractivity contribution in [3.8, 4) is 11.5 Å². The van der Waals surface area contributed by atoms with Gasteiger partial charge in [-0.05, 0) is 48.7 Å². The third-order valence-electron chi connectivity index (χ3n) is 5.99. The molecule has 9 nitrogen and oxygen atoms in total. The maximum Gasteiger partial charge on any atom is 0.278 e. The first-order chi connectivity index (χ1) is 16.5. The van der Waals surface area contributed by atoms with E-state index in [1.54, 1.807) is 11.0 Å². The molecule has 2 amide bonds. The number of anilines is 1. The predicted octanol–water partition coefficient (Wildman–Crippen LogP) is 2.27. The first-order valence-electron chi connectivity index (χ1n) is 11.1. The molecule has 9 heteroatoms. The summed E-state index contributed by atoms with van der Waals surface area (Å²) in [5.41, 5.74) is 2.65. The number of carbonyl (C=O) groups excluding carboxylic acids is 2. The number of amides is 2. The van der Waals surface area contributed by atoms with Crippen molar-refractivity contribution in [2.24, 2.45) is 0 Å². The monoisotopic (exact) mass is 460 g/mol. The van der Waals surface area contributed by atoms with E-state index >= 15 is 0 Å². The molecule has 0 spiro atoms. The quantitative estimate of drug-likeness (QED) is 0.606. The summed E-state index contributed by atoms with van der Waals surface area (Å²) in [6, 6.07) is 16.0. The molecule has 34 heavy (non-hydrogen) atoms. The highest BCUT2D eigenvalue weighted by atomic mass is 16.7. The highest BCUT2D eigenvalue weighted by Crippen LogP contribution is 2.33. The van der Waals surface area contributed by atoms with Crippen molar-refractivity contribution in [3.63, 3.8) is 0 Å². The van der Waals surface area contributed by atoms with Crippen molar-refractivity contribution in [1.29, 1.82) is 0 Å². The van der Waals surface area contributed by atoms with Crippen molar-refractivity contribution in [2.75, 3.05) is 11.7 Å². The van der Waals surface area contributed by atoms with Crippen LogP contribution in [0.5, 0.6) is 11.5 Å². The largest absolute Gasteiger partial charge is 0.454 e. The van der Waals surface area contributed by atoms with Gasteiger partial charge in [0.25, 0.3) is 11.5 Å². The molecule has 0 fully saturated rings. The summed E-state index contributed by atoms with van der Waals surface area (Å²) in [6.07, 6.45) is 0.823. The number of carbonyl (C=O) groups is 2. The summed E-state index contributed by atoms with van der Waals surface area (Å²) in [7, 11) is 0. The lowest BCUT2D eigenvalue weighted by molar-refractivity contribution is -0.121. The minimum absolute atomic E-state index is 0.00552. The van der Waals surface area contributed by atoms with E-state index in [4.69, 9.17) is 9.47 Å². The zero-order chi connectivity index (χ0) is 23.7. The number of para-hydroxylation sites is 1. The SMILES string of the molecule is CC1Cc2ccccc2N1C(=O)c1ccc(=O)n(CCC(=O)NCc2ccc3c(c2)OCO3)n1. The van der Waals surface area contributed by atoms with Gasteiger partial charge < -0.3 is 19.7 Å². The fourth-order valence-electron chi connectivity index (χ4n) is 4.27. The van der Waals surface area contributed by atoms with Crippen LogP contribution in [-0.4, -0.2) is 34.4 Å². The van der Waals surface area contributed by atoms with Crippen LogP contribution in [0.1, 0.15) is 35.0 Å². The molecular formula is C25H24N4O5. The van der Waals surface area contributed by atoms with E-state index in [9.17, 15) is 14.4 Å². The highest BCUT2D eigenvalue weighted by Gasteiger charge is 2.32. The fraction of sp³-hybridized carbons (Fsp3) is 0.280. The number of ether oxygens (including phenoxy) is 2. The lowest BCUT2D eigenvalue weighted by atomic mass is 10.1. The van der Waals surface area contributed by atoms with Gasteiger partial charge in [0, 0.05) is 30.8 Å². The van der Waals surface area contributed by atoms with Crippen LogP contribution in [0.15, 0.2) is 59.4 Å². The lowest BCUT2D eigenvalue weighted by Crippen LogP contribution is -2.38. The van der Waals surface area contributed by atoms with Gasteiger partial charge in [0.15, 0.2) is 11.5 Å². The zero-order valence-electron chi connectivity index (χ0n) is 18.7. The van der Waals surface area contributed by atoms with Crippen LogP contribution < -0.4 is 25.2 Å². The molecule has 5 rings (SSSR count). The fourth-order valence-corrected chi connectivity index (χ4v) is 4.27. The van der Waals surface area contributed by atoms with Crippen LogP contribution in [0.2, 0.25) is 0 Å². The molecule has 0 bridgehead atoms. The number of fused-ring (bicyclic) bond motifs is 2. The molecular weight excluding hydrogens is 436 g/mol. The van der Waals surface area contributed by atoms with Crippen LogP contribution in [0, 0.1) is 0 Å². The van der Waals surface area contributed by atoms with Crippen LogP contribution in [0.3, 0.4) is 0 Å². The third kappa shape index (κ3) is 4.24. The number of hydrogen-bond acceptors (Lipinski definition) is 6. The van der Waals surface area contributed by atoms with Crippen LogP contribution in [0.4, 0.5) is 5.69 Å². The molecule has 0 saturated heterocycles. The Labute approximate surface area is 195 Å². The molecule has 1 aromatic heterocycles. The zero-order valence-corrected chi connectivity index (χ0v) is 18.7. The van der Waals surface area contributed by atoms with Crippen molar-refractivity contribution in [2.45, 2.75) is 38.9 Å². The van der Waals surface area contributed by atoms with Gasteiger partial charge in [-0.2, -0.15) is 5.10 Å². The Morgan fingerprint density at radius 1 is 1.09 bits per heavy atom. The van der Waals surface area contributed by atoms with Crippen LogP contribution in [-0.2, 0) is 24.3 Å². The standard InChI is InChI=1S/C25H24N4O5/c1-16-12-18-4-2-3-5-20(18)29(16)25(32)19-7-9-24(31)28(27-19)11-10-23(30)26-14-17-6-8-21-22(13-17)34-15-33-21/h2-9,13,16H,10-12,14-15H2,1H3,(H,26,30). The molecule has 3 aromatic rings. The van der Waals surface area contributed by atoms with Gasteiger partial charge in [0.1, 0.15) is 5.69 Å². The smallest absolute Gasteiger partial charge is 0.278 e. The Morgan fingerprint density at radius 3 is 2.79 bits per heavy atom. The lowest BCUT2D eigenvalue weighted by Gasteiger charge is -2.22. The Hall–Kier alpha value is -4.14. The van der Waals surface area contributed by atoms with Crippen molar-refractivity contribution >= 4 is 17.5 Å². The summed E-state index contributed by atoms with van der Waals surface area (Å²) in [4.78, 5) is 39.6. The summed E-state index contributed by atoms with van der Waals surface area (Å²) in [6.45, 7) is 2.57. The first-order valence-corrected chi connectivity index (χ1v) is 11.1. The average molecular weight is 460 g/mol. The van der Waals surface area contributed by atoms with Crippen LogP contribution in [0.25, 0.3) is 0 Å². The van der Waals surface area contributed by atoms with E-state index in [0.717, 1.165) is 23.2 Å². The predicted molar refractivity (Wildman–Crippen MR) is 124 cm³/mol. The normalized spacial score (nSPS) is 15.8. The molecule has 1 atom stereocenters. The molecule has 1 unspecified atom stereocenters. The number of hydrogen-bond donors (Lipinski definition) is 1. The second-order valence-electron chi connectivity index (χ2n) is 8.35. The maximum atomic E-state index is 13.2. The minimum Gasteiger partial charge on any atom is -0.454 e. The van der Waals surface area contributed by atoms with E-state index in [1.165, 1.54) is 16.8 Å². The van der Waals surface area contributed by atoms with Gasteiger partial charge in [-0.25, -0.2) is 4.68 Å². The van der Waals surface area contributed by atoms with E-state index in [2.05, 4.69) is 10.4 Å². The van der Waals surface area contributed by atoms with Crippen molar-refractivity contribution in [3.05, 3.63) is 81.8 Å². The van der Waals surface area contributed by atoms with E-state index in [-0.39, 0.29) is 48.9 Å². The molecule has 174 valence electrons. The molecule has 0 aliphatic carbocycles. The summed E-state index contributed by atoms with van der Waals surface area (Å²) >= 11 is 0. The number of nitrogens with one attached hydrogen (secondary N) is 1. The van der Waals surface area contributed by atoms with Gasteiger partial charge in [0.05, 0.1) is 6.54 Å². The topological polar surface area (TPSA) is 103 Å². The second kappa shape index (κ2) is 9.01. The van der Waals surface area contributed by atoms with Crippen LogP contribution >= 0.6 is 0 Å². The highest BCUT2D eigenvalue weighted by molar-refractivity contribution is 6.06. The van der Waals surface area contributed by atoms with E-state index in [0.29, 0.717) is 18.0 Å². The molecule has 0 radical (unpaired) electrons. The number of nitrogens with zero attached hydrogens (tertiary/aromatic N) is 3. The molecule has 3 heterocycles. The Morgan fingerprint density at radius 2 is 1.91 bits per heavy atom. The van der Waals surface area contributed by atoms with E-state index < -0.39 is 0 Å². The average Bonchev–Trinajstić information content (AvgIpc) is 3.44. The Bertz CT molecular complexity index is 1320. The van der Waals surface area contributed by atoms with Gasteiger partial charge >= 0.3 is 0 Å². The summed E-state index contributed by atoms with van der Waals surface area (Å²) in [5.74, 6) is 0.837. The third-order valence-corrected chi connectivity index (χ3v) is 5.99. The second-order valence-corrected chi connectivity index (χ2v) is 8.35. The first kappa shape index (κ1) is 21.7. The number of rotatable bonds is 6. The molecule has 2 aliphatic heterocycles. The number of benzene rings is 2. The summed E-state index contributed by atoms with van der Waals surface area (Å²) in [5, 5.41) is 7.08.